The van der Waals surface area contributed by atoms with Crippen LogP contribution in [-0.2, 0) is 14.3 Å². The van der Waals surface area contributed by atoms with Gasteiger partial charge in [-0.05, 0) is 57.8 Å². The fourth-order valence-corrected chi connectivity index (χ4v) is 11.5. The summed E-state index contributed by atoms with van der Waals surface area (Å²) in [6.07, 6.45) is 77.9. The Bertz CT molecular complexity index is 1430. The van der Waals surface area contributed by atoms with E-state index >= 15 is 0 Å². The maximum atomic E-state index is 13.1. The van der Waals surface area contributed by atoms with Crippen LogP contribution in [0, 0.1) is 0 Å². The third-order valence-electron chi connectivity index (χ3n) is 17.1. The van der Waals surface area contributed by atoms with Crippen LogP contribution in [0.3, 0.4) is 0 Å². The molecular formula is C73H137NO8. The number of ether oxygens (including phenoxy) is 2. The number of hydrogen-bond donors (Lipinski definition) is 6. The Hall–Kier alpha value is -1.85. The van der Waals surface area contributed by atoms with Crippen molar-refractivity contribution in [3.05, 3.63) is 48.6 Å². The van der Waals surface area contributed by atoms with Crippen LogP contribution in [0.5, 0.6) is 0 Å². The summed E-state index contributed by atoms with van der Waals surface area (Å²) in [7, 11) is 0. The fourth-order valence-electron chi connectivity index (χ4n) is 11.5. The summed E-state index contributed by atoms with van der Waals surface area (Å²) in [5.74, 6) is -0.173. The highest BCUT2D eigenvalue weighted by atomic mass is 16.7. The molecule has 0 bridgehead atoms. The van der Waals surface area contributed by atoms with Crippen molar-refractivity contribution >= 4 is 5.91 Å². The molecule has 0 saturated carbocycles. The van der Waals surface area contributed by atoms with Gasteiger partial charge in [-0.15, -0.1) is 0 Å². The van der Waals surface area contributed by atoms with Gasteiger partial charge in [0.05, 0.1) is 25.4 Å². The van der Waals surface area contributed by atoms with E-state index in [1.165, 1.54) is 283 Å². The zero-order chi connectivity index (χ0) is 59.3. The third kappa shape index (κ3) is 50.3. The number of allylic oxidation sites excluding steroid dienone is 7. The molecule has 1 fully saturated rings. The number of hydrogen-bond acceptors (Lipinski definition) is 8. The summed E-state index contributed by atoms with van der Waals surface area (Å²) in [5, 5.41) is 54.8. The van der Waals surface area contributed by atoms with Crippen LogP contribution in [0.1, 0.15) is 354 Å². The minimum atomic E-state index is -1.57. The van der Waals surface area contributed by atoms with Crippen molar-refractivity contribution in [2.75, 3.05) is 13.2 Å². The molecule has 1 rings (SSSR count). The van der Waals surface area contributed by atoms with Gasteiger partial charge in [0, 0.05) is 6.42 Å². The van der Waals surface area contributed by atoms with Gasteiger partial charge in [0.25, 0.3) is 0 Å². The molecule has 7 unspecified atom stereocenters. The molecule has 9 nitrogen and oxygen atoms in total. The molecule has 0 aromatic heterocycles. The van der Waals surface area contributed by atoms with E-state index in [4.69, 9.17) is 9.47 Å². The third-order valence-corrected chi connectivity index (χ3v) is 17.1. The minimum absolute atomic E-state index is 0.173. The summed E-state index contributed by atoms with van der Waals surface area (Å²) in [5.41, 5.74) is 0. The van der Waals surface area contributed by atoms with E-state index in [0.29, 0.717) is 6.42 Å². The summed E-state index contributed by atoms with van der Waals surface area (Å²) < 4.78 is 11.3. The van der Waals surface area contributed by atoms with Crippen LogP contribution in [0.15, 0.2) is 48.6 Å². The van der Waals surface area contributed by atoms with Crippen LogP contribution in [0.2, 0.25) is 0 Å². The van der Waals surface area contributed by atoms with Crippen LogP contribution >= 0.6 is 0 Å². The first-order chi connectivity index (χ1) is 40.3. The highest BCUT2D eigenvalue weighted by molar-refractivity contribution is 5.76. The summed E-state index contributed by atoms with van der Waals surface area (Å²) in [6.45, 7) is 3.82. The normalized spacial score (nSPS) is 18.5. The van der Waals surface area contributed by atoms with Crippen LogP contribution < -0.4 is 5.32 Å². The van der Waals surface area contributed by atoms with Gasteiger partial charge in [0.2, 0.25) is 5.91 Å². The highest BCUT2D eigenvalue weighted by Crippen LogP contribution is 2.23. The second-order valence-electron chi connectivity index (χ2n) is 25.0. The summed E-state index contributed by atoms with van der Waals surface area (Å²) >= 11 is 0. The van der Waals surface area contributed by atoms with Gasteiger partial charge in [-0.3, -0.25) is 4.79 Å². The number of aliphatic hydroxyl groups excluding tert-OH is 5. The van der Waals surface area contributed by atoms with E-state index in [1.54, 1.807) is 6.08 Å². The Morgan fingerprint density at radius 1 is 0.415 bits per heavy atom. The van der Waals surface area contributed by atoms with E-state index in [2.05, 4.69) is 55.6 Å². The van der Waals surface area contributed by atoms with Crippen molar-refractivity contribution < 1.29 is 39.8 Å². The smallest absolute Gasteiger partial charge is 0.220 e. The first-order valence-electron chi connectivity index (χ1n) is 35.9. The number of rotatable bonds is 63. The van der Waals surface area contributed by atoms with Crippen LogP contribution in [-0.4, -0.2) is 87.5 Å². The van der Waals surface area contributed by atoms with Crippen molar-refractivity contribution in [3.63, 3.8) is 0 Å². The van der Waals surface area contributed by atoms with Crippen LogP contribution in [0.25, 0.3) is 0 Å². The van der Waals surface area contributed by atoms with Gasteiger partial charge in [-0.1, -0.05) is 339 Å². The zero-order valence-electron chi connectivity index (χ0n) is 54.0. The summed E-state index contributed by atoms with van der Waals surface area (Å²) in [4.78, 5) is 13.1. The molecule has 7 atom stereocenters. The fraction of sp³-hybridized carbons (Fsp3) is 0.877. The Labute approximate surface area is 507 Å². The average molecular weight is 1160 g/mol. The Morgan fingerprint density at radius 3 is 1.06 bits per heavy atom. The van der Waals surface area contributed by atoms with E-state index in [9.17, 15) is 30.3 Å². The molecule has 0 aromatic carbocycles. The van der Waals surface area contributed by atoms with Gasteiger partial charge in [-0.25, -0.2) is 0 Å². The minimum Gasteiger partial charge on any atom is -0.394 e. The van der Waals surface area contributed by atoms with E-state index in [1.807, 2.05) is 6.08 Å². The lowest BCUT2D eigenvalue weighted by Crippen LogP contribution is -2.60. The number of unbranched alkanes of at least 4 members (excludes halogenated alkanes) is 47. The maximum Gasteiger partial charge on any atom is 0.220 e. The molecule has 1 aliphatic rings. The maximum absolute atomic E-state index is 13.1. The molecule has 1 aliphatic heterocycles. The lowest BCUT2D eigenvalue weighted by molar-refractivity contribution is -0.302. The van der Waals surface area contributed by atoms with Gasteiger partial charge in [0.1, 0.15) is 24.4 Å². The molecule has 9 heteroatoms. The molecule has 1 heterocycles. The van der Waals surface area contributed by atoms with Crippen molar-refractivity contribution in [2.24, 2.45) is 0 Å². The lowest BCUT2D eigenvalue weighted by atomic mass is 9.99. The molecule has 0 spiro atoms. The van der Waals surface area contributed by atoms with Crippen molar-refractivity contribution in [2.45, 2.75) is 397 Å². The largest absolute Gasteiger partial charge is 0.394 e. The quantitative estimate of drug-likeness (QED) is 0.0261. The Morgan fingerprint density at radius 2 is 0.720 bits per heavy atom. The highest BCUT2D eigenvalue weighted by Gasteiger charge is 2.44. The molecule has 0 aromatic rings. The van der Waals surface area contributed by atoms with Crippen LogP contribution in [0.4, 0.5) is 0 Å². The number of amides is 1. The molecular weight excluding hydrogens is 1020 g/mol. The molecule has 82 heavy (non-hydrogen) atoms. The molecule has 0 radical (unpaired) electrons. The molecule has 1 amide bonds. The standard InChI is InChI=1S/C73H137NO8/c1-3-5-7-9-11-13-15-17-19-21-23-25-27-29-31-33-35-36-38-40-42-44-46-48-50-52-54-56-58-60-62-67(76)66(65-81-73-72(80)71(79)70(78)68(64-75)82-73)74-69(77)63-61-59-57-55-53-51-49-47-45-43-41-39-37-34-32-30-28-26-24-22-20-18-16-14-12-10-8-6-4-2/h16,18,22,24,28,30,60,62,66-68,70-73,75-76,78-80H,3-15,17,19-21,23,25-27,29,31-59,61,63-65H2,1-2H3,(H,74,77)/b18-16-,24-22-,30-28-,62-60+. The van der Waals surface area contributed by atoms with Gasteiger partial charge in [-0.2, -0.15) is 0 Å². The number of nitrogens with one attached hydrogen (secondary N) is 1. The summed E-state index contributed by atoms with van der Waals surface area (Å²) in [6, 6.07) is -0.808. The molecule has 0 aliphatic carbocycles. The number of carbonyl (C=O) groups excluding carboxylic acids is 1. The lowest BCUT2D eigenvalue weighted by Gasteiger charge is -2.40. The van der Waals surface area contributed by atoms with Crippen molar-refractivity contribution in [1.29, 1.82) is 0 Å². The first-order valence-corrected chi connectivity index (χ1v) is 35.9. The zero-order valence-corrected chi connectivity index (χ0v) is 54.0. The second-order valence-corrected chi connectivity index (χ2v) is 25.0. The number of aliphatic hydroxyl groups is 5. The molecule has 482 valence electrons. The monoisotopic (exact) mass is 1160 g/mol. The van der Waals surface area contributed by atoms with Crippen molar-refractivity contribution in [3.8, 4) is 0 Å². The second kappa shape index (κ2) is 62.2. The first kappa shape index (κ1) is 78.2. The topological polar surface area (TPSA) is 149 Å². The van der Waals surface area contributed by atoms with E-state index in [0.717, 1.165) is 51.4 Å². The Balaban J connectivity index is 2.13. The average Bonchev–Trinajstić information content (AvgIpc) is 3.57. The Kier molecular flexibility index (Phi) is 59.3. The predicted octanol–water partition coefficient (Wildman–Crippen LogP) is 19.6. The van der Waals surface area contributed by atoms with E-state index < -0.39 is 49.5 Å². The van der Waals surface area contributed by atoms with Gasteiger partial charge in [0.15, 0.2) is 6.29 Å². The van der Waals surface area contributed by atoms with Crippen molar-refractivity contribution in [1.82, 2.24) is 5.32 Å². The number of carbonyl (C=O) groups is 1. The molecule has 6 N–H and O–H groups in total. The SMILES string of the molecule is CCCCCCC/C=C\C/C=C\C/C=C\CCCCCCCCCCCCCCCCC(=O)NC(COC1OC(CO)C(O)C(O)C1O)C(O)/C=C/CCCCCCCCCCCCCCCCCCCCCCCCCCCCCC. The van der Waals surface area contributed by atoms with Gasteiger partial charge >= 0.3 is 0 Å². The van der Waals surface area contributed by atoms with E-state index in [-0.39, 0.29) is 12.5 Å². The van der Waals surface area contributed by atoms with Gasteiger partial charge < -0.3 is 40.3 Å². The molecule has 1 saturated heterocycles. The predicted molar refractivity (Wildman–Crippen MR) is 350 cm³/mol.